The van der Waals surface area contributed by atoms with Crippen LogP contribution in [0, 0.1) is 5.92 Å². The molecule has 34 heavy (non-hydrogen) atoms. The molecule has 0 amide bonds. The van der Waals surface area contributed by atoms with Crippen LogP contribution in [-0.4, -0.2) is 23.7 Å². The van der Waals surface area contributed by atoms with Crippen molar-refractivity contribution < 1.29 is 31.1 Å². The molecule has 2 nitrogen and oxygen atoms in total. The molecule has 1 aliphatic rings. The van der Waals surface area contributed by atoms with E-state index in [1.54, 1.807) is 12.1 Å². The molecule has 1 fully saturated rings. The minimum absolute atomic E-state index is 0.0311. The lowest BCUT2D eigenvalue weighted by molar-refractivity contribution is -0.185. The molecule has 1 saturated carbocycles. The second-order valence-electron chi connectivity index (χ2n) is 9.09. The third-order valence-corrected chi connectivity index (χ3v) is 6.51. The van der Waals surface area contributed by atoms with Crippen LogP contribution in [0.15, 0.2) is 42.6 Å². The molecule has 188 valence electrons. The summed E-state index contributed by atoms with van der Waals surface area (Å²) < 4.78 is 87.1. The normalized spacial score (nSPS) is 19.3. The first-order chi connectivity index (χ1) is 15.9. The molecule has 0 bridgehead atoms. The van der Waals surface area contributed by atoms with E-state index < -0.39 is 29.9 Å². The van der Waals surface area contributed by atoms with Gasteiger partial charge in [-0.2, -0.15) is 26.3 Å². The predicted molar refractivity (Wildman–Crippen MR) is 122 cm³/mol. The summed E-state index contributed by atoms with van der Waals surface area (Å²) >= 11 is 0. The van der Waals surface area contributed by atoms with E-state index in [4.69, 9.17) is 4.74 Å². The Kier molecular flexibility index (Phi) is 8.09. The van der Waals surface area contributed by atoms with E-state index in [9.17, 15) is 26.3 Å². The van der Waals surface area contributed by atoms with Gasteiger partial charge in [0.1, 0.15) is 11.3 Å². The van der Waals surface area contributed by atoms with E-state index in [2.05, 4.69) is 18.4 Å². The van der Waals surface area contributed by atoms with Gasteiger partial charge in [-0.25, -0.2) is 0 Å². The van der Waals surface area contributed by atoms with Crippen LogP contribution >= 0.6 is 0 Å². The number of ether oxygens (including phenoxy) is 1. The van der Waals surface area contributed by atoms with E-state index in [1.165, 1.54) is 12.1 Å². The molecule has 0 N–H and O–H groups in total. The number of rotatable bonds is 8. The van der Waals surface area contributed by atoms with Crippen molar-refractivity contribution in [1.82, 2.24) is 4.90 Å². The highest BCUT2D eigenvalue weighted by Crippen LogP contribution is 2.44. The van der Waals surface area contributed by atoms with Gasteiger partial charge in [-0.15, -0.1) is 0 Å². The van der Waals surface area contributed by atoms with Crippen LogP contribution < -0.4 is 4.74 Å². The van der Waals surface area contributed by atoms with Crippen molar-refractivity contribution in [1.29, 1.82) is 0 Å². The fraction of sp³-hybridized carbons (Fsp3) is 0.538. The average Bonchev–Trinajstić information content (AvgIpc) is 2.75. The van der Waals surface area contributed by atoms with Crippen LogP contribution in [0.25, 0.3) is 10.8 Å². The summed E-state index contributed by atoms with van der Waals surface area (Å²) in [6.07, 6.45) is -7.82. The predicted octanol–water partition coefficient (Wildman–Crippen LogP) is 8.49. The molecule has 1 aliphatic carbocycles. The van der Waals surface area contributed by atoms with Crippen molar-refractivity contribution in [3.05, 3.63) is 53.7 Å². The second kappa shape index (κ2) is 10.5. The minimum Gasteiger partial charge on any atom is -0.490 e. The van der Waals surface area contributed by atoms with Gasteiger partial charge in [0.25, 0.3) is 0 Å². The molecule has 0 unspecified atom stereocenters. The van der Waals surface area contributed by atoms with E-state index in [0.29, 0.717) is 11.9 Å². The Balaban J connectivity index is 1.92. The number of fused-ring (bicyclic) bond motifs is 1. The number of alkyl halides is 6. The number of allylic oxidation sites excluding steroid dienone is 1. The van der Waals surface area contributed by atoms with Crippen LogP contribution in [0.4, 0.5) is 26.3 Å². The van der Waals surface area contributed by atoms with Gasteiger partial charge in [-0.1, -0.05) is 44.2 Å². The van der Waals surface area contributed by atoms with Gasteiger partial charge in [-0.05, 0) is 61.4 Å². The van der Waals surface area contributed by atoms with Gasteiger partial charge in [0.15, 0.2) is 0 Å². The van der Waals surface area contributed by atoms with E-state index in [-0.39, 0.29) is 36.8 Å². The Hall–Kier alpha value is -2.38. The monoisotopic (exact) mass is 487 g/mol. The van der Waals surface area contributed by atoms with E-state index >= 15 is 0 Å². The maximum Gasteiger partial charge on any atom is 0.420 e. The first kappa shape index (κ1) is 26.2. The maximum absolute atomic E-state index is 14.2. The Bertz CT molecular complexity index is 989. The highest BCUT2D eigenvalue weighted by molar-refractivity contribution is 5.91. The van der Waals surface area contributed by atoms with E-state index in [1.807, 2.05) is 13.0 Å². The lowest BCUT2D eigenvalue weighted by Gasteiger charge is -2.31. The molecule has 0 aliphatic heterocycles. The first-order valence-corrected chi connectivity index (χ1v) is 11.7. The molecule has 0 radical (unpaired) electrons. The number of halogens is 6. The molecule has 0 atom stereocenters. The van der Waals surface area contributed by atoms with Crippen LogP contribution in [0.1, 0.15) is 63.5 Å². The number of hydrogen-bond donors (Lipinski definition) is 0. The Morgan fingerprint density at radius 3 is 2.24 bits per heavy atom. The molecule has 3 rings (SSSR count). The van der Waals surface area contributed by atoms with Gasteiger partial charge < -0.3 is 9.64 Å². The zero-order valence-corrected chi connectivity index (χ0v) is 19.5. The smallest absolute Gasteiger partial charge is 0.420 e. The third-order valence-electron chi connectivity index (χ3n) is 6.51. The molecular weight excluding hydrogens is 456 g/mol. The second-order valence-corrected chi connectivity index (χ2v) is 9.09. The zero-order chi connectivity index (χ0) is 25.1. The summed E-state index contributed by atoms with van der Waals surface area (Å²) in [7, 11) is 0. The minimum atomic E-state index is -4.67. The molecular formula is C26H31F6NO. The van der Waals surface area contributed by atoms with Gasteiger partial charge in [0.2, 0.25) is 0 Å². The molecule has 2 aromatic rings. The number of benzene rings is 2. The standard InChI is InChI=1S/C26H31F6NO/c1-4-5-15-33(17(2)3)16-18-7-6-8-22-21(18)13-14-23(24(22)26(30,31)32)34-20-11-9-19(10-12-20)25(27,28)29/h6-8,13-14,19-20H,2,4-5,9-12,15-16H2,1,3H3. The first-order valence-electron chi connectivity index (χ1n) is 11.7. The summed E-state index contributed by atoms with van der Waals surface area (Å²) in [5.41, 5.74) is 0.718. The van der Waals surface area contributed by atoms with E-state index in [0.717, 1.165) is 30.6 Å². The fourth-order valence-electron chi connectivity index (χ4n) is 4.58. The van der Waals surface area contributed by atoms with Crippen LogP contribution in [0.5, 0.6) is 5.75 Å². The van der Waals surface area contributed by atoms with Crippen molar-refractivity contribution in [3.63, 3.8) is 0 Å². The van der Waals surface area contributed by atoms with Gasteiger partial charge in [-0.3, -0.25) is 0 Å². The average molecular weight is 488 g/mol. The third kappa shape index (κ3) is 6.19. The SMILES string of the molecule is C=C(C)N(CCCC)Cc1cccc2c(C(F)(F)F)c(OC3CCC(C(F)(F)F)CC3)ccc12. The topological polar surface area (TPSA) is 12.5 Å². The number of unbranched alkanes of at least 4 members (excludes halogenated alkanes) is 1. The van der Waals surface area contributed by atoms with Gasteiger partial charge >= 0.3 is 12.4 Å². The summed E-state index contributed by atoms with van der Waals surface area (Å²) in [6.45, 7) is 9.14. The lowest BCUT2D eigenvalue weighted by atomic mass is 9.87. The van der Waals surface area contributed by atoms with Crippen molar-refractivity contribution in [3.8, 4) is 5.75 Å². The summed E-state index contributed by atoms with van der Waals surface area (Å²) in [5, 5.41) is 0.509. The summed E-state index contributed by atoms with van der Waals surface area (Å²) in [4.78, 5) is 2.05. The van der Waals surface area contributed by atoms with Crippen LogP contribution in [0.2, 0.25) is 0 Å². The van der Waals surface area contributed by atoms with Gasteiger partial charge in [0.05, 0.1) is 12.0 Å². The number of nitrogens with zero attached hydrogens (tertiary/aromatic N) is 1. The maximum atomic E-state index is 14.2. The summed E-state index contributed by atoms with van der Waals surface area (Å²) in [5.74, 6) is -1.74. The summed E-state index contributed by atoms with van der Waals surface area (Å²) in [6, 6.07) is 7.76. The highest BCUT2D eigenvalue weighted by Gasteiger charge is 2.42. The van der Waals surface area contributed by atoms with Gasteiger partial charge in [0, 0.05) is 18.8 Å². The molecule has 0 heterocycles. The highest BCUT2D eigenvalue weighted by atomic mass is 19.4. The lowest BCUT2D eigenvalue weighted by Crippen LogP contribution is -2.32. The molecule has 0 spiro atoms. The number of hydrogen-bond acceptors (Lipinski definition) is 2. The van der Waals surface area contributed by atoms with Crippen molar-refractivity contribution in [2.45, 2.75) is 77.4 Å². The fourth-order valence-corrected chi connectivity index (χ4v) is 4.58. The molecule has 2 aromatic carbocycles. The zero-order valence-electron chi connectivity index (χ0n) is 19.5. The van der Waals surface area contributed by atoms with Crippen molar-refractivity contribution in [2.24, 2.45) is 5.92 Å². The van der Waals surface area contributed by atoms with Crippen molar-refractivity contribution in [2.75, 3.05) is 6.54 Å². The van der Waals surface area contributed by atoms with Crippen LogP contribution in [0.3, 0.4) is 0 Å². The molecule has 0 aromatic heterocycles. The Morgan fingerprint density at radius 1 is 1.00 bits per heavy atom. The van der Waals surface area contributed by atoms with Crippen molar-refractivity contribution >= 4 is 10.8 Å². The molecule has 0 saturated heterocycles. The largest absolute Gasteiger partial charge is 0.490 e. The quantitative estimate of drug-likeness (QED) is 0.346. The van der Waals surface area contributed by atoms with Crippen LogP contribution in [-0.2, 0) is 12.7 Å². The molecule has 8 heteroatoms. The Labute approximate surface area is 196 Å². The Morgan fingerprint density at radius 2 is 1.68 bits per heavy atom.